The minimum absolute atomic E-state index is 0.0237. The molecule has 1 aromatic carbocycles. The minimum atomic E-state index is -1.83. The number of aliphatic hydroxyl groups is 2. The van der Waals surface area contributed by atoms with Crippen molar-refractivity contribution in [2.45, 2.75) is 18.6 Å². The Bertz CT molecular complexity index is 487. The third-order valence-corrected chi connectivity index (χ3v) is 2.49. The number of carbonyl (C=O) groups is 2. The van der Waals surface area contributed by atoms with Gasteiger partial charge in [-0.3, -0.25) is 4.79 Å². The number of carboxylic acids is 1. The molecule has 0 bridgehead atoms. The fourth-order valence-electron chi connectivity index (χ4n) is 1.51. The third kappa shape index (κ3) is 3.73. The highest BCUT2D eigenvalue weighted by Crippen LogP contribution is 2.21. The van der Waals surface area contributed by atoms with Gasteiger partial charge >= 0.3 is 11.9 Å². The molecule has 3 N–H and O–H groups in total. The normalized spacial score (nSPS) is 13.7. The second-order valence-electron chi connectivity index (χ2n) is 3.83. The van der Waals surface area contributed by atoms with Crippen LogP contribution >= 0.6 is 0 Å². The maximum atomic E-state index is 13.3. The fourth-order valence-corrected chi connectivity index (χ4v) is 1.51. The first-order valence-corrected chi connectivity index (χ1v) is 5.31. The van der Waals surface area contributed by atoms with E-state index in [9.17, 15) is 24.2 Å². The molecule has 0 saturated heterocycles. The smallest absolute Gasteiger partial charge is 0.337 e. The third-order valence-electron chi connectivity index (χ3n) is 2.49. The summed E-state index contributed by atoms with van der Waals surface area (Å²) in [4.78, 5) is 21.6. The van der Waals surface area contributed by atoms with E-state index in [2.05, 4.69) is 4.74 Å². The Balaban J connectivity index is 3.01. The Kier molecular flexibility index (Phi) is 4.96. The van der Waals surface area contributed by atoms with Gasteiger partial charge < -0.3 is 20.1 Å². The number of benzene rings is 1. The summed E-state index contributed by atoms with van der Waals surface area (Å²) in [5, 5.41) is 27.8. The molecule has 0 radical (unpaired) electrons. The summed E-state index contributed by atoms with van der Waals surface area (Å²) in [6, 6.07) is 3.19. The lowest BCUT2D eigenvalue weighted by Crippen LogP contribution is -2.29. The lowest BCUT2D eigenvalue weighted by Gasteiger charge is -2.16. The molecule has 0 aliphatic carbocycles. The van der Waals surface area contributed by atoms with Crippen molar-refractivity contribution in [3.05, 3.63) is 35.1 Å². The summed E-state index contributed by atoms with van der Waals surface area (Å²) >= 11 is 0. The van der Waals surface area contributed by atoms with Gasteiger partial charge in [0.2, 0.25) is 0 Å². The van der Waals surface area contributed by atoms with E-state index in [1.165, 1.54) is 0 Å². The Hall–Kier alpha value is -1.99. The second kappa shape index (κ2) is 6.26. The second-order valence-corrected chi connectivity index (χ2v) is 3.83. The molecule has 0 spiro atoms. The van der Waals surface area contributed by atoms with E-state index < -0.39 is 36.4 Å². The molecule has 7 heteroatoms. The summed E-state index contributed by atoms with van der Waals surface area (Å²) in [6.45, 7) is 0. The monoisotopic (exact) mass is 272 g/mol. The minimum Gasteiger partial charge on any atom is -0.481 e. The van der Waals surface area contributed by atoms with Gasteiger partial charge in [0.15, 0.2) is 6.10 Å². The zero-order valence-corrected chi connectivity index (χ0v) is 10.0. The molecule has 0 aliphatic rings. The Morgan fingerprint density at radius 1 is 1.37 bits per heavy atom. The molecule has 0 heterocycles. The molecule has 0 aromatic heterocycles. The molecule has 2 unspecified atom stereocenters. The number of carboxylic acid groups (broad SMARTS) is 1. The molecule has 2 atom stereocenters. The van der Waals surface area contributed by atoms with Crippen LogP contribution in [0.4, 0.5) is 4.39 Å². The standard InChI is InChI=1S/C12H13FO6/c1-19-12(18)11(17)10(16)6-2-3-8(13)7(4-6)5-9(14)15/h2-4,10-11,16-17H,5H2,1H3,(H,14,15). The van der Waals surface area contributed by atoms with E-state index in [-0.39, 0.29) is 11.1 Å². The van der Waals surface area contributed by atoms with E-state index >= 15 is 0 Å². The zero-order valence-electron chi connectivity index (χ0n) is 10.0. The molecule has 0 fully saturated rings. The van der Waals surface area contributed by atoms with Crippen molar-refractivity contribution in [1.29, 1.82) is 0 Å². The number of esters is 1. The van der Waals surface area contributed by atoms with Crippen LogP contribution in [0.2, 0.25) is 0 Å². The molecule has 0 aliphatic heterocycles. The van der Waals surface area contributed by atoms with Crippen LogP contribution < -0.4 is 0 Å². The van der Waals surface area contributed by atoms with Gasteiger partial charge in [0.05, 0.1) is 13.5 Å². The number of hydrogen-bond acceptors (Lipinski definition) is 5. The predicted molar refractivity (Wildman–Crippen MR) is 60.7 cm³/mol. The molecule has 0 saturated carbocycles. The van der Waals surface area contributed by atoms with Gasteiger partial charge in [0.1, 0.15) is 11.9 Å². The Morgan fingerprint density at radius 3 is 2.53 bits per heavy atom. The summed E-state index contributed by atoms with van der Waals surface area (Å²) in [7, 11) is 1.04. The largest absolute Gasteiger partial charge is 0.481 e. The average molecular weight is 272 g/mol. The zero-order chi connectivity index (χ0) is 14.6. The summed E-state index contributed by atoms with van der Waals surface area (Å²) < 4.78 is 17.6. The summed E-state index contributed by atoms with van der Waals surface area (Å²) in [5.41, 5.74) is -0.128. The number of halogens is 1. The first-order valence-electron chi connectivity index (χ1n) is 5.31. The van der Waals surface area contributed by atoms with Crippen LogP contribution in [0.3, 0.4) is 0 Å². The molecule has 104 valence electrons. The van der Waals surface area contributed by atoms with Crippen molar-refractivity contribution in [3.8, 4) is 0 Å². The molecule has 0 amide bonds. The van der Waals surface area contributed by atoms with Gasteiger partial charge in [-0.25, -0.2) is 9.18 Å². The average Bonchev–Trinajstić information content (AvgIpc) is 2.38. The fraction of sp³-hybridized carbons (Fsp3) is 0.333. The number of methoxy groups -OCH3 is 1. The number of hydrogen-bond donors (Lipinski definition) is 3. The van der Waals surface area contributed by atoms with Crippen molar-refractivity contribution in [2.75, 3.05) is 7.11 Å². The Labute approximate surface area is 108 Å². The first-order chi connectivity index (χ1) is 8.86. The van der Waals surface area contributed by atoms with Crippen molar-refractivity contribution < 1.29 is 34.0 Å². The van der Waals surface area contributed by atoms with Crippen LogP contribution in [-0.2, 0) is 20.7 Å². The highest BCUT2D eigenvalue weighted by Gasteiger charge is 2.27. The topological polar surface area (TPSA) is 104 Å². The van der Waals surface area contributed by atoms with Crippen LogP contribution in [0, 0.1) is 5.82 Å². The summed E-state index contributed by atoms with van der Waals surface area (Å²) in [6.07, 6.45) is -4.02. The lowest BCUT2D eigenvalue weighted by atomic mass is 10.0. The molecule has 19 heavy (non-hydrogen) atoms. The van der Waals surface area contributed by atoms with Crippen LogP contribution in [0.25, 0.3) is 0 Å². The van der Waals surface area contributed by atoms with Gasteiger partial charge in [0.25, 0.3) is 0 Å². The number of rotatable bonds is 5. The molecule has 1 rings (SSSR count). The molecule has 6 nitrogen and oxygen atoms in total. The van der Waals surface area contributed by atoms with Gasteiger partial charge in [-0.15, -0.1) is 0 Å². The SMILES string of the molecule is COC(=O)C(O)C(O)c1ccc(F)c(CC(=O)O)c1. The van der Waals surface area contributed by atoms with E-state index in [0.29, 0.717) is 0 Å². The summed E-state index contributed by atoms with van der Waals surface area (Å²) in [5.74, 6) is -3.03. The maximum Gasteiger partial charge on any atom is 0.337 e. The number of carbonyl (C=O) groups excluding carboxylic acids is 1. The van der Waals surface area contributed by atoms with Crippen molar-refractivity contribution in [1.82, 2.24) is 0 Å². The molecule has 1 aromatic rings. The van der Waals surface area contributed by atoms with Crippen LogP contribution in [0.15, 0.2) is 18.2 Å². The van der Waals surface area contributed by atoms with Gasteiger partial charge in [-0.05, 0) is 23.3 Å². The van der Waals surface area contributed by atoms with Crippen molar-refractivity contribution in [3.63, 3.8) is 0 Å². The van der Waals surface area contributed by atoms with Crippen molar-refractivity contribution >= 4 is 11.9 Å². The van der Waals surface area contributed by atoms with Gasteiger partial charge in [-0.1, -0.05) is 6.07 Å². The highest BCUT2D eigenvalue weighted by molar-refractivity contribution is 5.75. The maximum absolute atomic E-state index is 13.3. The van der Waals surface area contributed by atoms with E-state index in [1.54, 1.807) is 0 Å². The van der Waals surface area contributed by atoms with Crippen LogP contribution in [0.1, 0.15) is 17.2 Å². The number of ether oxygens (including phenoxy) is 1. The highest BCUT2D eigenvalue weighted by atomic mass is 19.1. The van der Waals surface area contributed by atoms with E-state index in [1.807, 2.05) is 0 Å². The lowest BCUT2D eigenvalue weighted by molar-refractivity contribution is -0.156. The van der Waals surface area contributed by atoms with E-state index in [0.717, 1.165) is 25.3 Å². The van der Waals surface area contributed by atoms with Crippen molar-refractivity contribution in [2.24, 2.45) is 0 Å². The van der Waals surface area contributed by atoms with E-state index in [4.69, 9.17) is 5.11 Å². The first kappa shape index (κ1) is 15.1. The van der Waals surface area contributed by atoms with Gasteiger partial charge in [0, 0.05) is 0 Å². The molecular weight excluding hydrogens is 259 g/mol. The quantitative estimate of drug-likeness (QED) is 0.653. The van der Waals surface area contributed by atoms with Crippen LogP contribution in [-0.4, -0.2) is 40.5 Å². The molecular formula is C12H13FO6. The van der Waals surface area contributed by atoms with Gasteiger partial charge in [-0.2, -0.15) is 0 Å². The predicted octanol–water partition coefficient (Wildman–Crippen LogP) is 0.0201. The van der Waals surface area contributed by atoms with Crippen LogP contribution in [0.5, 0.6) is 0 Å². The Morgan fingerprint density at radius 2 is 2.00 bits per heavy atom. The number of aliphatic carboxylic acids is 1. The number of aliphatic hydroxyl groups excluding tert-OH is 2.